The van der Waals surface area contributed by atoms with Crippen LogP contribution in [-0.2, 0) is 9.59 Å². The summed E-state index contributed by atoms with van der Waals surface area (Å²) in [5.74, 6) is -1.05. The molecule has 7 heteroatoms. The van der Waals surface area contributed by atoms with Crippen molar-refractivity contribution < 1.29 is 18.7 Å². The molecule has 1 N–H and O–H groups in total. The molecule has 5 nitrogen and oxygen atoms in total. The summed E-state index contributed by atoms with van der Waals surface area (Å²) in [5, 5.41) is 4.08. The lowest BCUT2D eigenvalue weighted by Gasteiger charge is -2.29. The van der Waals surface area contributed by atoms with E-state index < -0.39 is 17.6 Å². The zero-order valence-corrected chi connectivity index (χ0v) is 16.1. The highest BCUT2D eigenvalue weighted by molar-refractivity contribution is 7.80. The van der Waals surface area contributed by atoms with Gasteiger partial charge in [0, 0.05) is 5.39 Å². The van der Waals surface area contributed by atoms with E-state index in [0.717, 1.165) is 15.7 Å². The van der Waals surface area contributed by atoms with E-state index in [4.69, 9.17) is 17.0 Å². The first-order chi connectivity index (χ1) is 14.0. The first kappa shape index (κ1) is 18.8. The van der Waals surface area contributed by atoms with Crippen LogP contribution in [0.1, 0.15) is 5.56 Å². The lowest BCUT2D eigenvalue weighted by Crippen LogP contribution is -2.54. The van der Waals surface area contributed by atoms with E-state index in [2.05, 4.69) is 5.32 Å². The molecule has 1 aliphatic heterocycles. The number of carbonyl (C=O) groups excluding carboxylic acids is 2. The Morgan fingerprint density at radius 1 is 1.03 bits per heavy atom. The fourth-order valence-corrected chi connectivity index (χ4v) is 3.54. The molecule has 3 aromatic carbocycles. The summed E-state index contributed by atoms with van der Waals surface area (Å²) >= 11 is 5.14. The lowest BCUT2D eigenvalue weighted by molar-refractivity contribution is -0.122. The van der Waals surface area contributed by atoms with Crippen molar-refractivity contribution in [3.63, 3.8) is 0 Å². The summed E-state index contributed by atoms with van der Waals surface area (Å²) in [4.78, 5) is 26.7. The van der Waals surface area contributed by atoms with Gasteiger partial charge in [-0.3, -0.25) is 19.8 Å². The number of methoxy groups -OCH3 is 1. The molecule has 0 aliphatic carbocycles. The third kappa shape index (κ3) is 3.36. The maximum absolute atomic E-state index is 13.6. The average Bonchev–Trinajstić information content (AvgIpc) is 2.71. The summed E-state index contributed by atoms with van der Waals surface area (Å²) in [7, 11) is 1.58. The number of halogens is 1. The molecular weight excluding hydrogens is 391 g/mol. The smallest absolute Gasteiger partial charge is 0.270 e. The molecule has 0 spiro atoms. The monoisotopic (exact) mass is 406 g/mol. The Kier molecular flexibility index (Phi) is 4.82. The van der Waals surface area contributed by atoms with Gasteiger partial charge in [0.15, 0.2) is 5.11 Å². The predicted octanol–water partition coefficient (Wildman–Crippen LogP) is 3.82. The molecule has 1 aliphatic rings. The van der Waals surface area contributed by atoms with Crippen molar-refractivity contribution in [3.8, 4) is 5.75 Å². The van der Waals surface area contributed by atoms with Crippen molar-refractivity contribution >= 4 is 51.7 Å². The molecule has 0 unspecified atom stereocenters. The number of hydrogen-bond donors (Lipinski definition) is 1. The number of rotatable bonds is 3. The van der Waals surface area contributed by atoms with Crippen molar-refractivity contribution in [3.05, 3.63) is 77.6 Å². The number of thiocarbonyl (C=S) groups is 1. The number of hydrogen-bond acceptors (Lipinski definition) is 4. The van der Waals surface area contributed by atoms with Gasteiger partial charge in [-0.25, -0.2) is 4.39 Å². The standard InChI is InChI=1S/C22H15FN2O3S/c1-28-19-10-9-13(16-7-2-3-8-17(16)19)11-18-20(26)24-22(29)25(21(18)27)15-6-4-5-14(23)12-15/h2-12H,1H3,(H,24,26,29). The highest BCUT2D eigenvalue weighted by atomic mass is 32.1. The molecule has 0 aromatic heterocycles. The van der Waals surface area contributed by atoms with Crippen LogP contribution < -0.4 is 15.0 Å². The van der Waals surface area contributed by atoms with Gasteiger partial charge in [0.05, 0.1) is 12.8 Å². The Balaban J connectivity index is 1.83. The topological polar surface area (TPSA) is 58.6 Å². The van der Waals surface area contributed by atoms with Gasteiger partial charge in [0.25, 0.3) is 11.8 Å². The van der Waals surface area contributed by atoms with E-state index >= 15 is 0 Å². The number of carbonyl (C=O) groups is 2. The van der Waals surface area contributed by atoms with Gasteiger partial charge in [-0.2, -0.15) is 0 Å². The van der Waals surface area contributed by atoms with Crippen LogP contribution in [0.4, 0.5) is 10.1 Å². The lowest BCUT2D eigenvalue weighted by atomic mass is 10.00. The minimum Gasteiger partial charge on any atom is -0.496 e. The van der Waals surface area contributed by atoms with Crippen LogP contribution in [0.5, 0.6) is 5.75 Å². The highest BCUT2D eigenvalue weighted by Crippen LogP contribution is 2.30. The van der Waals surface area contributed by atoms with E-state index in [-0.39, 0.29) is 16.4 Å². The van der Waals surface area contributed by atoms with Crippen LogP contribution >= 0.6 is 12.2 Å². The van der Waals surface area contributed by atoms with Gasteiger partial charge in [-0.1, -0.05) is 36.4 Å². The van der Waals surface area contributed by atoms with E-state index in [0.29, 0.717) is 11.3 Å². The zero-order valence-electron chi connectivity index (χ0n) is 15.3. The van der Waals surface area contributed by atoms with E-state index in [1.165, 1.54) is 24.3 Å². The van der Waals surface area contributed by atoms with Crippen molar-refractivity contribution in [1.29, 1.82) is 0 Å². The number of fused-ring (bicyclic) bond motifs is 1. The van der Waals surface area contributed by atoms with Crippen molar-refractivity contribution in [2.45, 2.75) is 0 Å². The number of amides is 2. The summed E-state index contributed by atoms with van der Waals surface area (Å²) in [5.41, 5.74) is 0.815. The molecule has 3 aromatic rings. The molecule has 0 radical (unpaired) electrons. The van der Waals surface area contributed by atoms with Crippen LogP contribution in [0.3, 0.4) is 0 Å². The van der Waals surface area contributed by atoms with Gasteiger partial charge >= 0.3 is 0 Å². The van der Waals surface area contributed by atoms with Gasteiger partial charge in [-0.15, -0.1) is 0 Å². The fourth-order valence-electron chi connectivity index (χ4n) is 3.26. The number of nitrogens with zero attached hydrogens (tertiary/aromatic N) is 1. The minimum atomic E-state index is -0.621. The van der Waals surface area contributed by atoms with Crippen molar-refractivity contribution in [2.75, 3.05) is 12.0 Å². The second kappa shape index (κ2) is 7.44. The summed E-state index contributed by atoms with van der Waals surface area (Å²) in [6, 6.07) is 16.5. The van der Waals surface area contributed by atoms with Crippen LogP contribution in [0.25, 0.3) is 16.8 Å². The molecule has 4 rings (SSSR count). The molecule has 1 saturated heterocycles. The molecule has 0 bridgehead atoms. The zero-order chi connectivity index (χ0) is 20.5. The van der Waals surface area contributed by atoms with Gasteiger partial charge in [-0.05, 0) is 53.5 Å². The Morgan fingerprint density at radius 3 is 2.52 bits per heavy atom. The Bertz CT molecular complexity index is 1210. The van der Waals surface area contributed by atoms with E-state index in [1.807, 2.05) is 24.3 Å². The maximum Gasteiger partial charge on any atom is 0.270 e. The number of benzene rings is 3. The Morgan fingerprint density at radius 2 is 1.79 bits per heavy atom. The quantitative estimate of drug-likeness (QED) is 0.408. The first-order valence-corrected chi connectivity index (χ1v) is 9.13. The summed E-state index contributed by atoms with van der Waals surface area (Å²) < 4.78 is 19.0. The SMILES string of the molecule is COc1ccc(C=C2C(=O)NC(=S)N(c3cccc(F)c3)C2=O)c2ccccc12. The summed E-state index contributed by atoms with van der Waals surface area (Å²) in [6.07, 6.45) is 1.51. The first-order valence-electron chi connectivity index (χ1n) is 8.72. The van der Waals surface area contributed by atoms with Crippen LogP contribution in [0, 0.1) is 5.82 Å². The van der Waals surface area contributed by atoms with Gasteiger partial charge in [0.1, 0.15) is 17.1 Å². The average molecular weight is 406 g/mol. The van der Waals surface area contributed by atoms with Crippen molar-refractivity contribution in [1.82, 2.24) is 5.32 Å². The minimum absolute atomic E-state index is 0.0951. The Hall–Kier alpha value is -3.58. The molecule has 144 valence electrons. The molecule has 0 saturated carbocycles. The molecular formula is C22H15FN2O3S. The van der Waals surface area contributed by atoms with E-state index in [1.54, 1.807) is 25.3 Å². The second-order valence-electron chi connectivity index (χ2n) is 6.34. The third-order valence-electron chi connectivity index (χ3n) is 4.61. The molecule has 29 heavy (non-hydrogen) atoms. The third-order valence-corrected chi connectivity index (χ3v) is 4.89. The van der Waals surface area contributed by atoms with Crippen LogP contribution in [0.15, 0.2) is 66.2 Å². The van der Waals surface area contributed by atoms with Crippen molar-refractivity contribution in [2.24, 2.45) is 0 Å². The molecule has 1 heterocycles. The molecule has 2 amide bonds. The largest absolute Gasteiger partial charge is 0.496 e. The summed E-state index contributed by atoms with van der Waals surface area (Å²) in [6.45, 7) is 0. The number of anilines is 1. The fraction of sp³-hybridized carbons (Fsp3) is 0.0455. The van der Waals surface area contributed by atoms with Crippen LogP contribution in [-0.4, -0.2) is 24.0 Å². The predicted molar refractivity (Wildman–Crippen MR) is 113 cm³/mol. The molecule has 0 atom stereocenters. The van der Waals surface area contributed by atoms with Gasteiger partial charge in [0.2, 0.25) is 0 Å². The Labute approximate surface area is 171 Å². The maximum atomic E-state index is 13.6. The molecule has 1 fully saturated rings. The number of ether oxygens (including phenoxy) is 1. The van der Waals surface area contributed by atoms with E-state index in [9.17, 15) is 14.0 Å². The van der Waals surface area contributed by atoms with Gasteiger partial charge < -0.3 is 4.74 Å². The second-order valence-corrected chi connectivity index (χ2v) is 6.73. The normalized spacial score (nSPS) is 15.7. The highest BCUT2D eigenvalue weighted by Gasteiger charge is 2.34. The van der Waals surface area contributed by atoms with Crippen LogP contribution in [0.2, 0.25) is 0 Å². The number of nitrogens with one attached hydrogen (secondary N) is 1.